The minimum Gasteiger partial charge on any atom is -0.357 e. The molecule has 46 heavy (non-hydrogen) atoms. The van der Waals surface area contributed by atoms with Gasteiger partial charge in [0.05, 0.1) is 0 Å². The van der Waals surface area contributed by atoms with E-state index in [1.54, 1.807) is 0 Å². The Morgan fingerprint density at radius 2 is 0.609 bits per heavy atom. The zero-order valence-corrected chi connectivity index (χ0v) is 29.0. The molecule has 0 aliphatic carbocycles. The van der Waals surface area contributed by atoms with Crippen LogP contribution in [-0.2, 0) is 19.6 Å². The van der Waals surface area contributed by atoms with E-state index < -0.39 is 0 Å². The zero-order chi connectivity index (χ0) is 32.7. The second-order valence-corrected chi connectivity index (χ2v) is 13.7. The highest BCUT2D eigenvalue weighted by molar-refractivity contribution is 5.70. The van der Waals surface area contributed by atoms with Crippen molar-refractivity contribution in [2.45, 2.75) is 81.9 Å². The fourth-order valence-electron chi connectivity index (χ4n) is 7.74. The molecule has 3 aromatic heterocycles. The molecular formula is C42H48N4. The normalized spacial score (nSPS) is 11.6. The number of nitrogens with one attached hydrogen (secondary N) is 3. The number of aromatic amines is 3. The van der Waals surface area contributed by atoms with E-state index in [9.17, 15) is 0 Å². The van der Waals surface area contributed by atoms with Crippen molar-refractivity contribution >= 4 is 0 Å². The lowest BCUT2D eigenvalue weighted by atomic mass is 9.98. The smallest absolute Gasteiger partial charge is 0.0461 e. The molecule has 0 unspecified atom stereocenters. The first-order valence-electron chi connectivity index (χ1n) is 16.5. The molecule has 0 saturated carbocycles. The number of nitrogens with zero attached hydrogens (tertiary/aromatic N) is 1. The van der Waals surface area contributed by atoms with Gasteiger partial charge in [0.25, 0.3) is 0 Å². The van der Waals surface area contributed by atoms with Crippen molar-refractivity contribution in [2.75, 3.05) is 0 Å². The lowest BCUT2D eigenvalue weighted by molar-refractivity contribution is 0.240. The molecule has 3 aromatic carbocycles. The lowest BCUT2D eigenvalue weighted by Gasteiger charge is -2.21. The maximum atomic E-state index is 3.77. The first kappa shape index (κ1) is 31.4. The minimum atomic E-state index is 0.803. The number of benzene rings is 3. The second kappa shape index (κ2) is 12.7. The second-order valence-electron chi connectivity index (χ2n) is 13.7. The van der Waals surface area contributed by atoms with E-state index in [-0.39, 0.29) is 0 Å². The van der Waals surface area contributed by atoms with E-state index in [2.05, 4.69) is 155 Å². The molecule has 6 rings (SSSR count). The summed E-state index contributed by atoms with van der Waals surface area (Å²) in [4.78, 5) is 13.8. The number of hydrogen-bond acceptors (Lipinski definition) is 1. The van der Waals surface area contributed by atoms with Gasteiger partial charge < -0.3 is 15.0 Å². The average Bonchev–Trinajstić information content (AvgIpc) is 3.70. The van der Waals surface area contributed by atoms with Gasteiger partial charge in [-0.05, 0) is 132 Å². The van der Waals surface area contributed by atoms with Gasteiger partial charge in [0, 0.05) is 70.5 Å². The van der Waals surface area contributed by atoms with Crippen molar-refractivity contribution in [3.63, 3.8) is 0 Å². The van der Waals surface area contributed by atoms with Crippen LogP contribution in [0.5, 0.6) is 0 Å². The van der Waals surface area contributed by atoms with Crippen molar-refractivity contribution in [1.82, 2.24) is 19.9 Å². The molecule has 3 N–H and O–H groups in total. The van der Waals surface area contributed by atoms with E-state index >= 15 is 0 Å². The quantitative estimate of drug-likeness (QED) is 0.150. The van der Waals surface area contributed by atoms with Gasteiger partial charge in [0.1, 0.15) is 0 Å². The van der Waals surface area contributed by atoms with Crippen molar-refractivity contribution < 1.29 is 0 Å². The van der Waals surface area contributed by atoms with Crippen LogP contribution in [0.3, 0.4) is 0 Å². The summed E-state index contributed by atoms with van der Waals surface area (Å²) in [6, 6.07) is 27.1. The molecule has 0 aliphatic heterocycles. The van der Waals surface area contributed by atoms with Gasteiger partial charge in [-0.25, -0.2) is 0 Å². The molecule has 4 heteroatoms. The standard InChI is InChI=1S/C42H48N4/c1-25-16-28(4)40(29(5)17-25)37-13-10-34(43-37)22-46(23-35-11-14-38(44-35)41-30(6)18-26(2)19-31(41)7)24-36-12-15-39(45-36)42-32(8)20-27(3)21-33(42)9/h10-21,43-45H,22-24H2,1-9H3. The summed E-state index contributed by atoms with van der Waals surface area (Å²) >= 11 is 0. The summed E-state index contributed by atoms with van der Waals surface area (Å²) in [5.74, 6) is 0. The van der Waals surface area contributed by atoms with E-state index in [1.807, 2.05) is 0 Å². The Kier molecular flexibility index (Phi) is 8.67. The summed E-state index contributed by atoms with van der Waals surface area (Å²) in [6.45, 7) is 22.2. The van der Waals surface area contributed by atoms with Crippen LogP contribution in [0.4, 0.5) is 0 Å². The fraction of sp³-hybridized carbons (Fsp3) is 0.286. The molecule has 0 spiro atoms. The first-order chi connectivity index (χ1) is 21.9. The third kappa shape index (κ3) is 6.54. The van der Waals surface area contributed by atoms with Crippen LogP contribution in [0.1, 0.15) is 67.2 Å². The van der Waals surface area contributed by atoms with Crippen molar-refractivity contribution in [1.29, 1.82) is 0 Å². The number of H-pyrrole nitrogens is 3. The van der Waals surface area contributed by atoms with Crippen LogP contribution in [0.25, 0.3) is 33.8 Å². The molecule has 236 valence electrons. The molecule has 0 bridgehead atoms. The highest BCUT2D eigenvalue weighted by Gasteiger charge is 2.17. The van der Waals surface area contributed by atoms with Crippen molar-refractivity contribution in [3.05, 3.63) is 140 Å². The summed E-state index contributed by atoms with van der Waals surface area (Å²) in [6.07, 6.45) is 0. The molecular weight excluding hydrogens is 560 g/mol. The number of aromatic nitrogens is 3. The number of aryl methyl sites for hydroxylation is 9. The largest absolute Gasteiger partial charge is 0.357 e. The zero-order valence-electron chi connectivity index (χ0n) is 29.0. The molecule has 4 nitrogen and oxygen atoms in total. The molecule has 6 aromatic rings. The summed E-state index contributed by atoms with van der Waals surface area (Å²) in [7, 11) is 0. The van der Waals surface area contributed by atoms with E-state index in [4.69, 9.17) is 0 Å². The molecule has 0 radical (unpaired) electrons. The predicted octanol–water partition coefficient (Wildman–Crippen LogP) is 10.7. The summed E-state index contributed by atoms with van der Waals surface area (Å²) in [5.41, 5.74) is 22.9. The van der Waals surface area contributed by atoms with Crippen LogP contribution in [0, 0.1) is 62.3 Å². The van der Waals surface area contributed by atoms with Crippen molar-refractivity contribution in [2.24, 2.45) is 0 Å². The van der Waals surface area contributed by atoms with E-state index in [1.165, 1.54) is 101 Å². The number of rotatable bonds is 9. The predicted molar refractivity (Wildman–Crippen MR) is 194 cm³/mol. The first-order valence-corrected chi connectivity index (χ1v) is 16.5. The lowest BCUT2D eigenvalue weighted by Crippen LogP contribution is -2.23. The molecule has 3 heterocycles. The van der Waals surface area contributed by atoms with Crippen LogP contribution in [0.15, 0.2) is 72.8 Å². The van der Waals surface area contributed by atoms with Gasteiger partial charge in [-0.15, -0.1) is 0 Å². The Labute approximate surface area is 274 Å². The fourth-order valence-corrected chi connectivity index (χ4v) is 7.74. The maximum absolute atomic E-state index is 3.77. The third-order valence-electron chi connectivity index (χ3n) is 9.26. The molecule has 0 saturated heterocycles. The average molecular weight is 609 g/mol. The molecule has 0 fully saturated rings. The topological polar surface area (TPSA) is 50.6 Å². The molecule has 0 atom stereocenters. The SMILES string of the molecule is Cc1cc(C)c(-c2ccc(CN(Cc3ccc(-c4c(C)cc(C)cc4C)[nH]3)Cc3ccc(-c4c(C)cc(C)cc4C)[nH]3)[nH]2)c(C)c1. The highest BCUT2D eigenvalue weighted by atomic mass is 15.1. The van der Waals surface area contributed by atoms with Gasteiger partial charge in [0.2, 0.25) is 0 Å². The van der Waals surface area contributed by atoms with Gasteiger partial charge in [-0.1, -0.05) is 53.1 Å². The van der Waals surface area contributed by atoms with Crippen LogP contribution in [0.2, 0.25) is 0 Å². The van der Waals surface area contributed by atoms with Gasteiger partial charge in [-0.2, -0.15) is 0 Å². The van der Waals surface area contributed by atoms with Crippen LogP contribution >= 0.6 is 0 Å². The Hall–Kier alpha value is -4.54. The van der Waals surface area contributed by atoms with E-state index in [0.29, 0.717) is 0 Å². The third-order valence-corrected chi connectivity index (χ3v) is 9.26. The van der Waals surface area contributed by atoms with Crippen LogP contribution < -0.4 is 0 Å². The Balaban J connectivity index is 1.30. The van der Waals surface area contributed by atoms with Crippen LogP contribution in [-0.4, -0.2) is 19.9 Å². The Morgan fingerprint density at radius 3 is 0.848 bits per heavy atom. The minimum absolute atomic E-state index is 0.803. The van der Waals surface area contributed by atoms with E-state index in [0.717, 1.165) is 19.6 Å². The monoisotopic (exact) mass is 608 g/mol. The molecule has 0 aliphatic rings. The van der Waals surface area contributed by atoms with Crippen molar-refractivity contribution in [3.8, 4) is 33.8 Å². The maximum Gasteiger partial charge on any atom is 0.0461 e. The van der Waals surface area contributed by atoms with Gasteiger partial charge in [-0.3, -0.25) is 4.90 Å². The van der Waals surface area contributed by atoms with Gasteiger partial charge in [0.15, 0.2) is 0 Å². The Bertz CT molecular complexity index is 1730. The summed E-state index contributed by atoms with van der Waals surface area (Å²) in [5, 5.41) is 0. The van der Waals surface area contributed by atoms with Gasteiger partial charge >= 0.3 is 0 Å². The summed E-state index contributed by atoms with van der Waals surface area (Å²) < 4.78 is 0. The highest BCUT2D eigenvalue weighted by Crippen LogP contribution is 2.31. The Morgan fingerprint density at radius 1 is 0.370 bits per heavy atom. The molecule has 0 amide bonds. The number of hydrogen-bond donors (Lipinski definition) is 3.